The Labute approximate surface area is 177 Å². The number of aromatic nitrogens is 2. The average molecular weight is 413 g/mol. The van der Waals surface area contributed by atoms with Crippen LogP contribution in [0.3, 0.4) is 0 Å². The fourth-order valence-electron chi connectivity index (χ4n) is 3.16. The van der Waals surface area contributed by atoms with Crippen molar-refractivity contribution < 1.29 is 14.7 Å². The zero-order chi connectivity index (χ0) is 21.8. The van der Waals surface area contributed by atoms with Gasteiger partial charge in [-0.2, -0.15) is 0 Å². The number of urea groups is 1. The maximum absolute atomic E-state index is 12.3. The van der Waals surface area contributed by atoms with Crippen LogP contribution in [0.5, 0.6) is 5.75 Å². The van der Waals surface area contributed by atoms with Gasteiger partial charge in [0, 0.05) is 34.5 Å². The van der Waals surface area contributed by atoms with Gasteiger partial charge in [0.25, 0.3) is 0 Å². The number of carbonyl (C=O) groups is 2. The molecular formula is C23H19N5O3. The number of aromatic hydroxyl groups is 1. The Morgan fingerprint density at radius 2 is 1.77 bits per heavy atom. The zero-order valence-corrected chi connectivity index (χ0v) is 16.3. The molecule has 0 aliphatic heterocycles. The fourth-order valence-corrected chi connectivity index (χ4v) is 3.16. The lowest BCUT2D eigenvalue weighted by molar-refractivity contribution is -0.112. The van der Waals surface area contributed by atoms with Gasteiger partial charge >= 0.3 is 6.03 Å². The number of phenols is 1. The second-order valence-electron chi connectivity index (χ2n) is 6.78. The quantitative estimate of drug-likeness (QED) is 0.317. The highest BCUT2D eigenvalue weighted by molar-refractivity contribution is 6.24. The fraction of sp³-hybridized carbons (Fsp3) is 0. The minimum Gasteiger partial charge on any atom is -0.508 e. The molecule has 0 spiro atoms. The SMILES string of the molecule is NC(=O)/C(=C/c1c[nH]c2ncc(NC(=O)Nc3cccc(O)c3)cc12)c1ccccc1. The largest absolute Gasteiger partial charge is 0.508 e. The molecule has 0 atom stereocenters. The first-order valence-corrected chi connectivity index (χ1v) is 9.41. The van der Waals surface area contributed by atoms with Gasteiger partial charge in [0.2, 0.25) is 5.91 Å². The van der Waals surface area contributed by atoms with E-state index < -0.39 is 11.9 Å². The Morgan fingerprint density at radius 1 is 1.00 bits per heavy atom. The number of H-pyrrole nitrogens is 1. The number of fused-ring (bicyclic) bond motifs is 1. The minimum absolute atomic E-state index is 0.0494. The van der Waals surface area contributed by atoms with Crippen LogP contribution in [-0.4, -0.2) is 27.0 Å². The number of phenolic OH excluding ortho intramolecular Hbond substituents is 1. The molecule has 2 aromatic heterocycles. The number of hydrogen-bond acceptors (Lipinski definition) is 4. The highest BCUT2D eigenvalue weighted by atomic mass is 16.3. The normalized spacial score (nSPS) is 11.3. The Kier molecular flexibility index (Phi) is 5.35. The van der Waals surface area contributed by atoms with Gasteiger partial charge in [0.15, 0.2) is 0 Å². The van der Waals surface area contributed by atoms with Crippen LogP contribution in [0, 0.1) is 0 Å². The van der Waals surface area contributed by atoms with E-state index >= 15 is 0 Å². The number of pyridine rings is 1. The number of hydrogen-bond donors (Lipinski definition) is 5. The molecule has 0 unspecified atom stereocenters. The van der Waals surface area contributed by atoms with E-state index in [1.54, 1.807) is 30.5 Å². The van der Waals surface area contributed by atoms with Gasteiger partial charge in [-0.15, -0.1) is 0 Å². The molecule has 0 aliphatic carbocycles. The van der Waals surface area contributed by atoms with E-state index in [1.165, 1.54) is 18.3 Å². The summed E-state index contributed by atoms with van der Waals surface area (Å²) in [5.74, 6) is -0.499. The molecule has 8 heteroatoms. The molecule has 0 saturated heterocycles. The van der Waals surface area contributed by atoms with Crippen LogP contribution in [0.25, 0.3) is 22.7 Å². The summed E-state index contributed by atoms with van der Waals surface area (Å²) in [5, 5.41) is 15.6. The monoisotopic (exact) mass is 413 g/mol. The van der Waals surface area contributed by atoms with E-state index in [-0.39, 0.29) is 5.75 Å². The van der Waals surface area contributed by atoms with Crippen LogP contribution in [0.15, 0.2) is 73.1 Å². The number of amides is 3. The Bertz CT molecular complexity index is 1300. The van der Waals surface area contributed by atoms with Crippen LogP contribution in [-0.2, 0) is 4.79 Å². The van der Waals surface area contributed by atoms with Crippen molar-refractivity contribution in [1.82, 2.24) is 9.97 Å². The van der Waals surface area contributed by atoms with Crippen LogP contribution >= 0.6 is 0 Å². The molecule has 2 aromatic carbocycles. The van der Waals surface area contributed by atoms with E-state index in [2.05, 4.69) is 20.6 Å². The summed E-state index contributed by atoms with van der Waals surface area (Å²) in [6, 6.07) is 16.6. The first-order chi connectivity index (χ1) is 15.0. The lowest BCUT2D eigenvalue weighted by Crippen LogP contribution is -2.19. The van der Waals surface area contributed by atoms with Gasteiger partial charge in [-0.3, -0.25) is 4.79 Å². The van der Waals surface area contributed by atoms with E-state index in [4.69, 9.17) is 5.73 Å². The molecule has 3 amide bonds. The van der Waals surface area contributed by atoms with Gasteiger partial charge < -0.3 is 26.5 Å². The number of benzene rings is 2. The summed E-state index contributed by atoms with van der Waals surface area (Å²) in [7, 11) is 0. The molecule has 8 nitrogen and oxygen atoms in total. The summed E-state index contributed by atoms with van der Waals surface area (Å²) in [6.45, 7) is 0. The molecule has 4 aromatic rings. The Balaban J connectivity index is 1.61. The maximum Gasteiger partial charge on any atom is 0.323 e. The molecule has 6 N–H and O–H groups in total. The number of aromatic amines is 1. The third-order valence-corrected chi connectivity index (χ3v) is 4.58. The number of nitrogens with zero attached hydrogens (tertiary/aromatic N) is 1. The first-order valence-electron chi connectivity index (χ1n) is 9.41. The van der Waals surface area contributed by atoms with Crippen molar-refractivity contribution in [2.45, 2.75) is 0 Å². The molecule has 0 radical (unpaired) electrons. The summed E-state index contributed by atoms with van der Waals surface area (Å²) in [5.41, 5.74) is 8.87. The smallest absolute Gasteiger partial charge is 0.323 e. The van der Waals surface area contributed by atoms with Crippen molar-refractivity contribution in [1.29, 1.82) is 0 Å². The summed E-state index contributed by atoms with van der Waals surface area (Å²) in [4.78, 5) is 31.7. The van der Waals surface area contributed by atoms with Gasteiger partial charge in [-0.25, -0.2) is 9.78 Å². The van der Waals surface area contributed by atoms with Crippen molar-refractivity contribution >= 4 is 46.0 Å². The molecule has 0 fully saturated rings. The van der Waals surface area contributed by atoms with E-state index in [0.29, 0.717) is 39.1 Å². The molecule has 2 heterocycles. The Hall–Kier alpha value is -4.59. The zero-order valence-electron chi connectivity index (χ0n) is 16.3. The summed E-state index contributed by atoms with van der Waals surface area (Å²) >= 11 is 0. The minimum atomic E-state index is -0.548. The number of primary amides is 1. The molecule has 31 heavy (non-hydrogen) atoms. The van der Waals surface area contributed by atoms with E-state index in [1.807, 2.05) is 30.3 Å². The molecular weight excluding hydrogens is 394 g/mol. The number of carbonyl (C=O) groups excluding carboxylic acids is 2. The van der Waals surface area contributed by atoms with Gasteiger partial charge in [0.1, 0.15) is 11.4 Å². The van der Waals surface area contributed by atoms with Crippen LogP contribution in [0.4, 0.5) is 16.2 Å². The topological polar surface area (TPSA) is 133 Å². The third-order valence-electron chi connectivity index (χ3n) is 4.58. The van der Waals surface area contributed by atoms with Crippen molar-refractivity contribution in [3.8, 4) is 5.75 Å². The lowest BCUT2D eigenvalue weighted by atomic mass is 10.0. The number of nitrogens with two attached hydrogens (primary N) is 1. The summed E-state index contributed by atoms with van der Waals surface area (Å²) < 4.78 is 0. The van der Waals surface area contributed by atoms with E-state index in [0.717, 1.165) is 0 Å². The molecule has 0 bridgehead atoms. The standard InChI is InChI=1S/C23H19N5O3/c24-21(30)19(14-5-2-1-3-6-14)9-15-12-25-22-20(15)11-17(13-26-22)28-23(31)27-16-7-4-8-18(29)10-16/h1-13,29H,(H2,24,30)(H,25,26)(H2,27,28,31)/b19-9+. The van der Waals surface area contributed by atoms with Gasteiger partial charge in [-0.05, 0) is 29.8 Å². The van der Waals surface area contributed by atoms with E-state index in [9.17, 15) is 14.7 Å². The maximum atomic E-state index is 12.3. The van der Waals surface area contributed by atoms with Crippen molar-refractivity contribution in [3.05, 3.63) is 84.2 Å². The van der Waals surface area contributed by atoms with Gasteiger partial charge in [-0.1, -0.05) is 36.4 Å². The van der Waals surface area contributed by atoms with Crippen LogP contribution in [0.2, 0.25) is 0 Å². The lowest BCUT2D eigenvalue weighted by Gasteiger charge is -2.08. The average Bonchev–Trinajstić information content (AvgIpc) is 3.14. The molecule has 4 rings (SSSR count). The molecule has 154 valence electrons. The van der Waals surface area contributed by atoms with Crippen molar-refractivity contribution in [3.63, 3.8) is 0 Å². The highest BCUT2D eigenvalue weighted by Crippen LogP contribution is 2.25. The second-order valence-corrected chi connectivity index (χ2v) is 6.78. The molecule has 0 saturated carbocycles. The van der Waals surface area contributed by atoms with Crippen LogP contribution < -0.4 is 16.4 Å². The highest BCUT2D eigenvalue weighted by Gasteiger charge is 2.12. The first kappa shape index (κ1) is 19.7. The summed E-state index contributed by atoms with van der Waals surface area (Å²) in [6.07, 6.45) is 4.93. The predicted molar refractivity (Wildman–Crippen MR) is 120 cm³/mol. The number of rotatable bonds is 5. The second kappa shape index (κ2) is 8.42. The van der Waals surface area contributed by atoms with Gasteiger partial charge in [0.05, 0.1) is 11.9 Å². The predicted octanol–water partition coefficient (Wildman–Crippen LogP) is 3.94. The number of nitrogens with one attached hydrogen (secondary N) is 3. The molecule has 0 aliphatic rings. The Morgan fingerprint density at radius 3 is 2.52 bits per heavy atom. The number of anilines is 2. The third kappa shape index (κ3) is 4.54. The van der Waals surface area contributed by atoms with Crippen molar-refractivity contribution in [2.24, 2.45) is 5.73 Å². The van der Waals surface area contributed by atoms with Crippen LogP contribution in [0.1, 0.15) is 11.1 Å². The van der Waals surface area contributed by atoms with Crippen molar-refractivity contribution in [2.75, 3.05) is 10.6 Å².